The van der Waals surface area contributed by atoms with Crippen molar-refractivity contribution in [2.75, 3.05) is 0 Å². The molecule has 0 saturated carbocycles. The van der Waals surface area contributed by atoms with Crippen LogP contribution in [0.2, 0.25) is 0 Å². The number of fused-ring (bicyclic) bond motifs is 3. The molecule has 3 aromatic rings. The summed E-state index contributed by atoms with van der Waals surface area (Å²) in [6.45, 7) is 0. The molecule has 0 atom stereocenters. The van der Waals surface area contributed by atoms with E-state index in [9.17, 15) is 5.21 Å². The Labute approximate surface area is 106 Å². The molecular weight excluding hydrogens is 313 g/mol. The molecule has 0 bridgehead atoms. The normalized spacial score (nSPS) is 11.1. The monoisotopic (exact) mass is 321 g/mol. The first-order chi connectivity index (χ1) is 7.77. The average molecular weight is 321 g/mol. The van der Waals surface area contributed by atoms with Crippen LogP contribution in [-0.2, 0) is 0 Å². The van der Waals surface area contributed by atoms with Crippen molar-refractivity contribution in [1.29, 1.82) is 0 Å². The molecule has 0 aliphatic rings. The molecule has 3 rings (SSSR count). The Kier molecular flexibility index (Phi) is 2.21. The van der Waals surface area contributed by atoms with E-state index < -0.39 is 0 Å². The second-order valence-electron chi connectivity index (χ2n) is 3.68. The Bertz CT molecular complexity index is 694. The van der Waals surface area contributed by atoms with Crippen LogP contribution in [0.1, 0.15) is 0 Å². The fourth-order valence-corrected chi connectivity index (χ4v) is 2.88. The van der Waals surface area contributed by atoms with Gasteiger partial charge in [-0.1, -0.05) is 24.3 Å². The maximum Gasteiger partial charge on any atom is 0.237 e. The summed E-state index contributed by atoms with van der Waals surface area (Å²) in [4.78, 5) is 0. The van der Waals surface area contributed by atoms with Crippen LogP contribution in [0.25, 0.3) is 21.7 Å². The number of hydrogen-bond donors (Lipinski definition) is 0. The van der Waals surface area contributed by atoms with E-state index in [-0.39, 0.29) is 0 Å². The summed E-state index contributed by atoms with van der Waals surface area (Å²) in [5, 5.41) is 15.1. The molecule has 0 radical (unpaired) electrons. The van der Waals surface area contributed by atoms with Gasteiger partial charge >= 0.3 is 0 Å². The van der Waals surface area contributed by atoms with Crippen LogP contribution < -0.4 is 4.73 Å². The largest absolute Gasteiger partial charge is 0.618 e. The van der Waals surface area contributed by atoms with E-state index in [4.69, 9.17) is 0 Å². The molecule has 0 fully saturated rings. The van der Waals surface area contributed by atoms with Gasteiger partial charge in [0.1, 0.15) is 0 Å². The van der Waals surface area contributed by atoms with Crippen molar-refractivity contribution in [1.82, 2.24) is 0 Å². The van der Waals surface area contributed by atoms with Crippen LogP contribution in [0, 0.1) is 8.78 Å². The smallest absolute Gasteiger partial charge is 0.237 e. The predicted molar refractivity (Wildman–Crippen MR) is 73.1 cm³/mol. The van der Waals surface area contributed by atoms with Gasteiger partial charge in [-0.25, -0.2) is 0 Å². The predicted octanol–water partition coefficient (Wildman–Crippen LogP) is 3.23. The van der Waals surface area contributed by atoms with Gasteiger partial charge in [0.25, 0.3) is 0 Å². The fourth-order valence-electron chi connectivity index (χ4n) is 2.01. The third-order valence-electron chi connectivity index (χ3n) is 2.72. The maximum atomic E-state index is 11.8. The second kappa shape index (κ2) is 3.59. The van der Waals surface area contributed by atoms with Crippen molar-refractivity contribution < 1.29 is 4.73 Å². The van der Waals surface area contributed by atoms with Crippen LogP contribution >= 0.6 is 22.6 Å². The molecule has 2 nitrogen and oxygen atoms in total. The molecule has 78 valence electrons. The van der Waals surface area contributed by atoms with Crippen LogP contribution in [0.15, 0.2) is 48.7 Å². The summed E-state index contributed by atoms with van der Waals surface area (Å²) in [6.07, 6.45) is 1.54. The third kappa shape index (κ3) is 1.35. The van der Waals surface area contributed by atoms with Gasteiger partial charge < -0.3 is 5.21 Å². The molecule has 1 aromatic heterocycles. The first-order valence-electron chi connectivity index (χ1n) is 4.96. The maximum absolute atomic E-state index is 11.8. The number of hydrogen-bond acceptors (Lipinski definition) is 1. The number of benzene rings is 2. The SMILES string of the molecule is [O-][n+]1cccc2c3ccccc3cc(I)c21. The molecule has 0 aliphatic heterocycles. The third-order valence-corrected chi connectivity index (χ3v) is 3.54. The minimum absolute atomic E-state index is 0.752. The van der Waals surface area contributed by atoms with Crippen molar-refractivity contribution in [3.8, 4) is 0 Å². The molecule has 16 heavy (non-hydrogen) atoms. The highest BCUT2D eigenvalue weighted by molar-refractivity contribution is 14.1. The van der Waals surface area contributed by atoms with E-state index in [1.165, 1.54) is 5.39 Å². The lowest BCUT2D eigenvalue weighted by atomic mass is 10.1. The number of halogens is 1. The quantitative estimate of drug-likeness (QED) is 0.270. The first kappa shape index (κ1) is 9.84. The summed E-state index contributed by atoms with van der Waals surface area (Å²) in [5.41, 5.74) is 0.752. The molecule has 3 heteroatoms. The average Bonchev–Trinajstić information content (AvgIpc) is 2.29. The topological polar surface area (TPSA) is 26.9 Å². The van der Waals surface area contributed by atoms with Crippen molar-refractivity contribution in [3.05, 3.63) is 57.4 Å². The van der Waals surface area contributed by atoms with Gasteiger partial charge in [0.2, 0.25) is 5.52 Å². The van der Waals surface area contributed by atoms with Crippen LogP contribution in [0.5, 0.6) is 0 Å². The minimum Gasteiger partial charge on any atom is -0.618 e. The van der Waals surface area contributed by atoms with Crippen LogP contribution in [0.3, 0.4) is 0 Å². The first-order valence-corrected chi connectivity index (χ1v) is 6.04. The highest BCUT2D eigenvalue weighted by atomic mass is 127. The van der Waals surface area contributed by atoms with Gasteiger partial charge in [-0.3, -0.25) is 0 Å². The zero-order valence-corrected chi connectivity index (χ0v) is 10.5. The molecule has 2 aromatic carbocycles. The Morgan fingerprint density at radius 3 is 2.62 bits per heavy atom. The van der Waals surface area contributed by atoms with Crippen molar-refractivity contribution >= 4 is 44.3 Å². The van der Waals surface area contributed by atoms with Crippen molar-refractivity contribution in [2.24, 2.45) is 0 Å². The van der Waals surface area contributed by atoms with E-state index >= 15 is 0 Å². The number of pyridine rings is 1. The Hall–Kier alpha value is -1.36. The zero-order valence-electron chi connectivity index (χ0n) is 8.35. The van der Waals surface area contributed by atoms with Gasteiger partial charge in [-0.15, -0.1) is 0 Å². The molecule has 0 aliphatic carbocycles. The lowest BCUT2D eigenvalue weighted by Gasteiger charge is -2.06. The molecule has 0 saturated heterocycles. The highest BCUT2D eigenvalue weighted by Crippen LogP contribution is 2.27. The highest BCUT2D eigenvalue weighted by Gasteiger charge is 2.11. The van der Waals surface area contributed by atoms with Crippen LogP contribution in [-0.4, -0.2) is 0 Å². The Balaban J connectivity index is 2.65. The number of rotatable bonds is 0. The summed E-state index contributed by atoms with van der Waals surface area (Å²) < 4.78 is 1.92. The van der Waals surface area contributed by atoms with Gasteiger partial charge in [0.05, 0.1) is 8.96 Å². The lowest BCUT2D eigenvalue weighted by Crippen LogP contribution is -2.26. The molecule has 0 unspecified atom stereocenters. The van der Waals surface area contributed by atoms with Gasteiger partial charge in [0.15, 0.2) is 6.20 Å². The van der Waals surface area contributed by atoms with Crippen LogP contribution in [0.4, 0.5) is 0 Å². The zero-order chi connectivity index (χ0) is 11.1. The molecule has 1 heterocycles. The summed E-state index contributed by atoms with van der Waals surface area (Å²) in [6, 6.07) is 14.0. The van der Waals surface area contributed by atoms with E-state index in [0.29, 0.717) is 0 Å². The standard InChI is InChI=1S/C13H8INO/c14-12-8-9-4-1-2-5-10(9)11-6-3-7-15(16)13(11)12/h1-8H. The molecule has 0 N–H and O–H groups in total. The molecule has 0 spiro atoms. The Morgan fingerprint density at radius 1 is 1.00 bits per heavy atom. The van der Waals surface area contributed by atoms with E-state index in [1.54, 1.807) is 12.3 Å². The molecule has 0 amide bonds. The van der Waals surface area contributed by atoms with Gasteiger partial charge in [-0.05, 0) is 45.5 Å². The van der Waals surface area contributed by atoms with Gasteiger partial charge in [0, 0.05) is 6.07 Å². The van der Waals surface area contributed by atoms with Gasteiger partial charge in [-0.2, -0.15) is 4.73 Å². The number of nitrogens with zero attached hydrogens (tertiary/aromatic N) is 1. The Morgan fingerprint density at radius 2 is 1.75 bits per heavy atom. The van der Waals surface area contributed by atoms with E-state index in [0.717, 1.165) is 24.6 Å². The van der Waals surface area contributed by atoms with E-state index in [1.807, 2.05) is 30.3 Å². The fraction of sp³-hybridized carbons (Fsp3) is 0. The van der Waals surface area contributed by atoms with Crippen molar-refractivity contribution in [3.63, 3.8) is 0 Å². The molecular formula is C13H8INO. The van der Waals surface area contributed by atoms with Crippen molar-refractivity contribution in [2.45, 2.75) is 0 Å². The summed E-state index contributed by atoms with van der Waals surface area (Å²) in [5.74, 6) is 0. The number of aromatic nitrogens is 1. The van der Waals surface area contributed by atoms with E-state index in [2.05, 4.69) is 28.7 Å². The summed E-state index contributed by atoms with van der Waals surface area (Å²) in [7, 11) is 0. The minimum atomic E-state index is 0.752. The summed E-state index contributed by atoms with van der Waals surface area (Å²) >= 11 is 2.21. The lowest BCUT2D eigenvalue weighted by molar-refractivity contribution is -0.577. The second-order valence-corrected chi connectivity index (χ2v) is 4.84.